The number of rotatable bonds is 3. The van der Waals surface area contributed by atoms with Gasteiger partial charge in [-0.05, 0) is 32.1 Å². The van der Waals surface area contributed by atoms with Gasteiger partial charge >= 0.3 is 6.03 Å². The molecule has 0 bridgehead atoms. The Labute approximate surface area is 145 Å². The molecular formula is C17H22N4O2S. The summed E-state index contributed by atoms with van der Waals surface area (Å²) in [6.07, 6.45) is 8.17. The van der Waals surface area contributed by atoms with E-state index in [-0.39, 0.29) is 6.03 Å². The maximum Gasteiger partial charge on any atom is 0.317 e. The third-order valence-corrected chi connectivity index (χ3v) is 5.96. The van der Waals surface area contributed by atoms with Crippen LogP contribution in [0.2, 0.25) is 0 Å². The molecule has 1 aliphatic carbocycles. The molecule has 128 valence electrons. The summed E-state index contributed by atoms with van der Waals surface area (Å²) in [6, 6.07) is 0.000137. The first-order chi connectivity index (χ1) is 11.8. The van der Waals surface area contributed by atoms with Gasteiger partial charge in [0.2, 0.25) is 0 Å². The van der Waals surface area contributed by atoms with Crippen LogP contribution in [-0.4, -0.2) is 34.2 Å². The monoisotopic (exact) mass is 346 g/mol. The Hall–Kier alpha value is -1.89. The van der Waals surface area contributed by atoms with Crippen molar-refractivity contribution >= 4 is 17.4 Å². The molecule has 3 heterocycles. The van der Waals surface area contributed by atoms with Crippen LogP contribution in [0.5, 0.6) is 0 Å². The Morgan fingerprint density at radius 2 is 2.17 bits per heavy atom. The van der Waals surface area contributed by atoms with E-state index in [2.05, 4.69) is 15.5 Å². The van der Waals surface area contributed by atoms with Crippen LogP contribution in [0.15, 0.2) is 16.1 Å². The number of aromatic nitrogens is 2. The molecular weight excluding hydrogens is 324 g/mol. The SMILES string of the molecule is O=C(NCc1noc2c1CCCC2)N1CCC(c2nccs2)CC1. The van der Waals surface area contributed by atoms with Crippen molar-refractivity contribution in [3.63, 3.8) is 0 Å². The van der Waals surface area contributed by atoms with E-state index in [1.54, 1.807) is 11.3 Å². The second-order valence-corrected chi connectivity index (χ2v) is 7.45. The quantitative estimate of drug-likeness (QED) is 0.927. The predicted octanol–water partition coefficient (Wildman–Crippen LogP) is 3.10. The first kappa shape index (κ1) is 15.6. The van der Waals surface area contributed by atoms with Gasteiger partial charge in [0, 0.05) is 42.6 Å². The molecule has 2 aromatic heterocycles. The van der Waals surface area contributed by atoms with Crippen molar-refractivity contribution in [1.29, 1.82) is 0 Å². The van der Waals surface area contributed by atoms with Gasteiger partial charge in [0.1, 0.15) is 11.5 Å². The van der Waals surface area contributed by atoms with Crippen molar-refractivity contribution < 1.29 is 9.32 Å². The van der Waals surface area contributed by atoms with E-state index in [0.717, 1.165) is 50.2 Å². The van der Waals surface area contributed by atoms with Crippen molar-refractivity contribution in [2.45, 2.75) is 51.0 Å². The van der Waals surface area contributed by atoms with Gasteiger partial charge < -0.3 is 14.7 Å². The van der Waals surface area contributed by atoms with Gasteiger partial charge in [-0.2, -0.15) is 0 Å². The van der Waals surface area contributed by atoms with Gasteiger partial charge in [0.25, 0.3) is 0 Å². The first-order valence-electron chi connectivity index (χ1n) is 8.69. The van der Waals surface area contributed by atoms with Crippen LogP contribution in [0.3, 0.4) is 0 Å². The molecule has 1 aliphatic heterocycles. The molecule has 1 N–H and O–H groups in total. The fourth-order valence-electron chi connectivity index (χ4n) is 3.62. The number of hydrogen-bond acceptors (Lipinski definition) is 5. The van der Waals surface area contributed by atoms with Gasteiger partial charge in [0.15, 0.2) is 0 Å². The summed E-state index contributed by atoms with van der Waals surface area (Å²) < 4.78 is 5.40. The molecule has 1 fully saturated rings. The van der Waals surface area contributed by atoms with E-state index in [9.17, 15) is 4.79 Å². The van der Waals surface area contributed by atoms with Crippen molar-refractivity contribution in [1.82, 2.24) is 20.4 Å². The molecule has 0 unspecified atom stereocenters. The van der Waals surface area contributed by atoms with Crippen LogP contribution < -0.4 is 5.32 Å². The molecule has 0 aromatic carbocycles. The Morgan fingerprint density at radius 3 is 2.96 bits per heavy atom. The standard InChI is InChI=1S/C17H22N4O2S/c22-17(19-11-14-13-3-1-2-4-15(13)23-20-14)21-8-5-12(6-9-21)16-18-7-10-24-16/h7,10,12H,1-6,8-9,11H2,(H,19,22). The number of amides is 2. The number of likely N-dealkylation sites (tertiary alicyclic amines) is 1. The number of thiazole rings is 1. The summed E-state index contributed by atoms with van der Waals surface area (Å²) in [4.78, 5) is 18.7. The summed E-state index contributed by atoms with van der Waals surface area (Å²) in [7, 11) is 0. The minimum Gasteiger partial charge on any atom is -0.361 e. The number of aryl methyl sites for hydroxylation is 1. The highest BCUT2D eigenvalue weighted by atomic mass is 32.1. The van der Waals surface area contributed by atoms with Crippen molar-refractivity contribution in [3.8, 4) is 0 Å². The maximum absolute atomic E-state index is 12.4. The van der Waals surface area contributed by atoms with E-state index in [0.29, 0.717) is 12.5 Å². The Kier molecular flexibility index (Phi) is 4.51. The fraction of sp³-hybridized carbons (Fsp3) is 0.588. The molecule has 4 rings (SSSR count). The zero-order chi connectivity index (χ0) is 16.4. The second kappa shape index (κ2) is 6.93. The molecule has 6 nitrogen and oxygen atoms in total. The third kappa shape index (κ3) is 3.17. The summed E-state index contributed by atoms with van der Waals surface area (Å²) in [5.74, 6) is 1.51. The summed E-state index contributed by atoms with van der Waals surface area (Å²) in [5.41, 5.74) is 2.11. The lowest BCUT2D eigenvalue weighted by Crippen LogP contribution is -2.44. The molecule has 2 aromatic rings. The van der Waals surface area contributed by atoms with Gasteiger partial charge in [-0.3, -0.25) is 0 Å². The van der Waals surface area contributed by atoms with Crippen LogP contribution in [0.1, 0.15) is 53.6 Å². The number of nitrogens with one attached hydrogen (secondary N) is 1. The van der Waals surface area contributed by atoms with E-state index < -0.39 is 0 Å². The number of hydrogen-bond donors (Lipinski definition) is 1. The molecule has 0 spiro atoms. The topological polar surface area (TPSA) is 71.3 Å². The first-order valence-corrected chi connectivity index (χ1v) is 9.57. The number of nitrogens with zero attached hydrogens (tertiary/aromatic N) is 3. The Balaban J connectivity index is 1.29. The normalized spacial score (nSPS) is 18.4. The minimum absolute atomic E-state index is 0.000137. The van der Waals surface area contributed by atoms with Gasteiger partial charge in [0.05, 0.1) is 11.6 Å². The smallest absolute Gasteiger partial charge is 0.317 e. The van der Waals surface area contributed by atoms with Crippen molar-refractivity contribution in [2.75, 3.05) is 13.1 Å². The molecule has 2 amide bonds. The largest absolute Gasteiger partial charge is 0.361 e. The van der Waals surface area contributed by atoms with Crippen molar-refractivity contribution in [2.24, 2.45) is 0 Å². The highest BCUT2D eigenvalue weighted by molar-refractivity contribution is 7.09. The molecule has 2 aliphatic rings. The lowest BCUT2D eigenvalue weighted by Gasteiger charge is -2.31. The van der Waals surface area contributed by atoms with Crippen LogP contribution in [0.4, 0.5) is 4.79 Å². The van der Waals surface area contributed by atoms with E-state index in [1.165, 1.54) is 23.4 Å². The predicted molar refractivity (Wildman–Crippen MR) is 91.0 cm³/mol. The Morgan fingerprint density at radius 1 is 1.33 bits per heavy atom. The number of carbonyl (C=O) groups excluding carboxylic acids is 1. The lowest BCUT2D eigenvalue weighted by molar-refractivity contribution is 0.180. The highest BCUT2D eigenvalue weighted by Crippen LogP contribution is 2.29. The van der Waals surface area contributed by atoms with Crippen LogP contribution in [-0.2, 0) is 19.4 Å². The fourth-order valence-corrected chi connectivity index (χ4v) is 4.44. The maximum atomic E-state index is 12.4. The number of carbonyl (C=O) groups is 1. The van der Waals surface area contributed by atoms with Crippen LogP contribution in [0.25, 0.3) is 0 Å². The van der Waals surface area contributed by atoms with Gasteiger partial charge in [-0.15, -0.1) is 11.3 Å². The molecule has 1 saturated heterocycles. The molecule has 0 atom stereocenters. The zero-order valence-corrected chi connectivity index (χ0v) is 14.5. The second-order valence-electron chi connectivity index (χ2n) is 6.53. The van der Waals surface area contributed by atoms with Crippen LogP contribution >= 0.6 is 11.3 Å². The van der Waals surface area contributed by atoms with Gasteiger partial charge in [-0.1, -0.05) is 5.16 Å². The van der Waals surface area contributed by atoms with Crippen LogP contribution in [0, 0.1) is 0 Å². The summed E-state index contributed by atoms with van der Waals surface area (Å²) in [5, 5.41) is 10.4. The number of piperidine rings is 1. The molecule has 24 heavy (non-hydrogen) atoms. The van der Waals surface area contributed by atoms with Gasteiger partial charge in [-0.25, -0.2) is 9.78 Å². The zero-order valence-electron chi connectivity index (χ0n) is 13.7. The molecule has 0 saturated carbocycles. The molecule has 0 radical (unpaired) electrons. The van der Waals surface area contributed by atoms with Crippen molar-refractivity contribution in [3.05, 3.63) is 33.6 Å². The summed E-state index contributed by atoms with van der Waals surface area (Å²) in [6.45, 7) is 2.03. The van der Waals surface area contributed by atoms with E-state index >= 15 is 0 Å². The summed E-state index contributed by atoms with van der Waals surface area (Å²) >= 11 is 1.71. The average molecular weight is 346 g/mol. The lowest BCUT2D eigenvalue weighted by atomic mass is 9.96. The highest BCUT2D eigenvalue weighted by Gasteiger charge is 2.26. The number of fused-ring (bicyclic) bond motifs is 1. The average Bonchev–Trinajstić information content (AvgIpc) is 3.30. The van der Waals surface area contributed by atoms with E-state index in [4.69, 9.17) is 4.52 Å². The third-order valence-electron chi connectivity index (χ3n) is 5.02. The molecule has 7 heteroatoms. The minimum atomic E-state index is 0.000137. The Bertz CT molecular complexity index is 690. The number of urea groups is 1. The van der Waals surface area contributed by atoms with E-state index in [1.807, 2.05) is 16.5 Å².